The summed E-state index contributed by atoms with van der Waals surface area (Å²) in [5.74, 6) is 0.799. The van der Waals surface area contributed by atoms with Crippen LogP contribution in [0.15, 0.2) is 91.1 Å². The Hall–Kier alpha value is -3.25. The molecule has 5 nitrogen and oxygen atoms in total. The Balaban J connectivity index is 1.22. The van der Waals surface area contributed by atoms with Gasteiger partial charge in [-0.15, -0.1) is 0 Å². The third-order valence-electron chi connectivity index (χ3n) is 6.71. The van der Waals surface area contributed by atoms with Gasteiger partial charge in [0.25, 0.3) is 0 Å². The highest BCUT2D eigenvalue weighted by Gasteiger charge is 2.27. The van der Waals surface area contributed by atoms with Crippen LogP contribution in [0, 0.1) is 6.92 Å². The minimum absolute atomic E-state index is 0.249. The third kappa shape index (κ3) is 5.12. The number of aromatic amines is 1. The molecule has 2 N–H and O–H groups in total. The molecule has 0 amide bonds. The number of imidazole rings is 1. The number of aromatic nitrogens is 2. The first-order valence-corrected chi connectivity index (χ1v) is 12.0. The SMILES string of the molecule is Cc1ccc(-c2ncc(C(O)CN3CCN(C(c4ccccc4)c4ccccc4)CC3)[nH]2)cc1. The zero-order valence-corrected chi connectivity index (χ0v) is 19.6. The van der Waals surface area contributed by atoms with E-state index in [0.29, 0.717) is 6.54 Å². The predicted octanol–water partition coefficient (Wildman–Crippen LogP) is 4.83. The van der Waals surface area contributed by atoms with Crippen molar-refractivity contribution in [2.24, 2.45) is 0 Å². The average molecular weight is 453 g/mol. The quantitative estimate of drug-likeness (QED) is 0.422. The normalized spacial score (nSPS) is 16.1. The number of nitrogens with zero attached hydrogens (tertiary/aromatic N) is 3. The summed E-state index contributed by atoms with van der Waals surface area (Å²) < 4.78 is 0. The smallest absolute Gasteiger partial charge is 0.137 e. The van der Waals surface area contributed by atoms with Crippen LogP contribution in [0.25, 0.3) is 11.4 Å². The molecular formula is C29H32N4O. The second kappa shape index (κ2) is 10.3. The summed E-state index contributed by atoms with van der Waals surface area (Å²) in [6.45, 7) is 6.43. The molecule has 4 aromatic rings. The lowest BCUT2D eigenvalue weighted by molar-refractivity contribution is 0.0608. The molecule has 0 bridgehead atoms. The van der Waals surface area contributed by atoms with Crippen LogP contribution >= 0.6 is 0 Å². The van der Waals surface area contributed by atoms with Crippen molar-refractivity contribution in [2.45, 2.75) is 19.1 Å². The number of aliphatic hydroxyl groups is 1. The van der Waals surface area contributed by atoms with Crippen LogP contribution in [-0.4, -0.2) is 57.6 Å². The number of aryl methyl sites for hydroxylation is 1. The van der Waals surface area contributed by atoms with Crippen LogP contribution < -0.4 is 0 Å². The van der Waals surface area contributed by atoms with Crippen LogP contribution in [0.4, 0.5) is 0 Å². The molecule has 5 rings (SSSR count). The lowest BCUT2D eigenvalue weighted by atomic mass is 9.96. The Morgan fingerprint density at radius 1 is 0.824 bits per heavy atom. The molecule has 0 spiro atoms. The molecule has 1 aliphatic rings. The van der Waals surface area contributed by atoms with Crippen LogP contribution in [-0.2, 0) is 0 Å². The van der Waals surface area contributed by atoms with E-state index in [4.69, 9.17) is 0 Å². The summed E-state index contributed by atoms with van der Waals surface area (Å²) in [6.07, 6.45) is 1.18. The Bertz CT molecular complexity index is 1130. The number of benzene rings is 3. The molecular weight excluding hydrogens is 420 g/mol. The van der Waals surface area contributed by atoms with Gasteiger partial charge in [0.1, 0.15) is 11.9 Å². The van der Waals surface area contributed by atoms with Gasteiger partial charge in [-0.1, -0.05) is 90.5 Å². The van der Waals surface area contributed by atoms with Gasteiger partial charge in [-0.05, 0) is 18.1 Å². The number of hydrogen-bond acceptors (Lipinski definition) is 4. The summed E-state index contributed by atoms with van der Waals surface area (Å²) in [7, 11) is 0. The van der Waals surface area contributed by atoms with Gasteiger partial charge < -0.3 is 10.1 Å². The van der Waals surface area contributed by atoms with Gasteiger partial charge in [-0.3, -0.25) is 9.80 Å². The standard InChI is InChI=1S/C29H32N4O/c1-22-12-14-25(15-13-22)29-30-20-26(31-29)27(34)21-32-16-18-33(19-17-32)28(23-8-4-2-5-9-23)24-10-6-3-7-11-24/h2-15,20,27-28,34H,16-19,21H2,1H3,(H,30,31). The summed E-state index contributed by atoms with van der Waals surface area (Å²) >= 11 is 0. The van der Waals surface area contributed by atoms with Gasteiger partial charge in [0.15, 0.2) is 0 Å². The van der Waals surface area contributed by atoms with E-state index in [1.807, 2.05) is 0 Å². The van der Waals surface area contributed by atoms with E-state index in [-0.39, 0.29) is 6.04 Å². The number of β-amino-alcohol motifs (C(OH)–C–C–N with tert-alkyl or cyclic N) is 1. The minimum atomic E-state index is -0.586. The molecule has 34 heavy (non-hydrogen) atoms. The minimum Gasteiger partial charge on any atom is -0.385 e. The maximum Gasteiger partial charge on any atom is 0.137 e. The summed E-state index contributed by atoms with van der Waals surface area (Å²) in [5, 5.41) is 10.9. The van der Waals surface area contributed by atoms with E-state index >= 15 is 0 Å². The molecule has 1 aromatic heterocycles. The zero-order chi connectivity index (χ0) is 23.3. The maximum atomic E-state index is 10.9. The third-order valence-corrected chi connectivity index (χ3v) is 6.71. The van der Waals surface area contributed by atoms with Crippen LogP contribution in [0.1, 0.15) is 34.5 Å². The Kier molecular flexibility index (Phi) is 6.86. The number of nitrogens with one attached hydrogen (secondary N) is 1. The van der Waals surface area contributed by atoms with Crippen molar-refractivity contribution in [1.29, 1.82) is 0 Å². The number of hydrogen-bond donors (Lipinski definition) is 2. The molecule has 0 radical (unpaired) electrons. The van der Waals surface area contributed by atoms with Crippen LogP contribution in [0.5, 0.6) is 0 Å². The first-order valence-electron chi connectivity index (χ1n) is 12.0. The highest BCUT2D eigenvalue weighted by atomic mass is 16.3. The number of rotatable bonds is 7. The van der Waals surface area contributed by atoms with Crippen molar-refractivity contribution in [1.82, 2.24) is 19.8 Å². The first-order chi connectivity index (χ1) is 16.7. The van der Waals surface area contributed by atoms with Crippen molar-refractivity contribution in [3.8, 4) is 11.4 Å². The first kappa shape index (κ1) is 22.5. The van der Waals surface area contributed by atoms with E-state index in [1.54, 1.807) is 6.20 Å². The summed E-state index contributed by atoms with van der Waals surface area (Å²) in [5.41, 5.74) is 5.66. The summed E-state index contributed by atoms with van der Waals surface area (Å²) in [6, 6.07) is 30.0. The monoisotopic (exact) mass is 452 g/mol. The fourth-order valence-corrected chi connectivity index (χ4v) is 4.79. The van der Waals surface area contributed by atoms with Gasteiger partial charge >= 0.3 is 0 Å². The van der Waals surface area contributed by atoms with Gasteiger partial charge in [0, 0.05) is 38.3 Å². The fraction of sp³-hybridized carbons (Fsp3) is 0.276. The van der Waals surface area contributed by atoms with Crippen molar-refractivity contribution >= 4 is 0 Å². The second-order valence-electron chi connectivity index (χ2n) is 9.13. The Morgan fingerprint density at radius 3 is 2.00 bits per heavy atom. The molecule has 1 saturated heterocycles. The van der Waals surface area contributed by atoms with E-state index in [9.17, 15) is 5.11 Å². The van der Waals surface area contributed by atoms with E-state index in [1.165, 1.54) is 16.7 Å². The second-order valence-corrected chi connectivity index (χ2v) is 9.13. The highest BCUT2D eigenvalue weighted by Crippen LogP contribution is 2.30. The fourth-order valence-electron chi connectivity index (χ4n) is 4.79. The van der Waals surface area contributed by atoms with Crippen molar-refractivity contribution in [3.63, 3.8) is 0 Å². The van der Waals surface area contributed by atoms with Gasteiger partial charge in [0.05, 0.1) is 17.9 Å². The number of aliphatic hydroxyl groups excluding tert-OH is 1. The van der Waals surface area contributed by atoms with E-state index in [0.717, 1.165) is 43.3 Å². The largest absolute Gasteiger partial charge is 0.385 e. The summed E-state index contributed by atoms with van der Waals surface area (Å²) in [4.78, 5) is 12.7. The van der Waals surface area contributed by atoms with Gasteiger partial charge in [-0.2, -0.15) is 0 Å². The topological polar surface area (TPSA) is 55.4 Å². The molecule has 0 aliphatic carbocycles. The lowest BCUT2D eigenvalue weighted by Crippen LogP contribution is -2.48. The van der Waals surface area contributed by atoms with Crippen molar-refractivity contribution < 1.29 is 5.11 Å². The Labute approximate surface area is 201 Å². The van der Waals surface area contributed by atoms with Gasteiger partial charge in [0.2, 0.25) is 0 Å². The van der Waals surface area contributed by atoms with E-state index < -0.39 is 6.10 Å². The molecule has 1 atom stereocenters. The molecule has 174 valence electrons. The molecule has 3 aromatic carbocycles. The van der Waals surface area contributed by atoms with Crippen LogP contribution in [0.3, 0.4) is 0 Å². The van der Waals surface area contributed by atoms with E-state index in [2.05, 4.69) is 112 Å². The molecule has 1 aliphatic heterocycles. The van der Waals surface area contributed by atoms with Gasteiger partial charge in [-0.25, -0.2) is 4.98 Å². The zero-order valence-electron chi connectivity index (χ0n) is 19.6. The highest BCUT2D eigenvalue weighted by molar-refractivity contribution is 5.55. The lowest BCUT2D eigenvalue weighted by Gasteiger charge is -2.40. The average Bonchev–Trinajstić information content (AvgIpc) is 3.38. The van der Waals surface area contributed by atoms with Crippen molar-refractivity contribution in [2.75, 3.05) is 32.7 Å². The molecule has 0 saturated carbocycles. The Morgan fingerprint density at radius 2 is 1.41 bits per heavy atom. The molecule has 1 fully saturated rings. The number of H-pyrrole nitrogens is 1. The maximum absolute atomic E-state index is 10.9. The molecule has 5 heteroatoms. The van der Waals surface area contributed by atoms with Crippen molar-refractivity contribution in [3.05, 3.63) is 114 Å². The molecule has 2 heterocycles. The van der Waals surface area contributed by atoms with Crippen LogP contribution in [0.2, 0.25) is 0 Å². The molecule has 1 unspecified atom stereocenters. The predicted molar refractivity (Wildman–Crippen MR) is 136 cm³/mol. The number of piperazine rings is 1.